The van der Waals surface area contributed by atoms with Crippen LogP contribution in [-0.2, 0) is 18.6 Å². The molecule has 33 heavy (non-hydrogen) atoms. The Balaban J connectivity index is 4.21. The zero-order valence-corrected chi connectivity index (χ0v) is 24.5. The molecule has 0 aromatic carbocycles. The van der Waals surface area contributed by atoms with Gasteiger partial charge in [0.05, 0.1) is 0 Å². The van der Waals surface area contributed by atoms with E-state index in [1.807, 2.05) is 61.9 Å². The monoisotopic (exact) mass is 543 g/mol. The van der Waals surface area contributed by atoms with Crippen LogP contribution in [0.25, 0.3) is 0 Å². The molecule has 4 N–H and O–H groups in total. The lowest BCUT2D eigenvalue weighted by atomic mass is 9.76. The van der Waals surface area contributed by atoms with Gasteiger partial charge in [-0.3, -0.25) is 9.13 Å². The molecule has 12 heteroatoms. The van der Waals surface area contributed by atoms with Crippen molar-refractivity contribution in [1.29, 1.82) is 0 Å². The van der Waals surface area contributed by atoms with E-state index in [1.165, 1.54) is 0 Å². The van der Waals surface area contributed by atoms with Gasteiger partial charge in [0.25, 0.3) is 5.08 Å². The van der Waals surface area contributed by atoms with Gasteiger partial charge in [-0.25, -0.2) is 4.98 Å². The van der Waals surface area contributed by atoms with E-state index in [1.54, 1.807) is 0 Å². The highest BCUT2D eigenvalue weighted by Gasteiger charge is 2.69. The van der Waals surface area contributed by atoms with Gasteiger partial charge in [0, 0.05) is 11.8 Å². The van der Waals surface area contributed by atoms with Crippen LogP contribution in [0.5, 0.6) is 0 Å². The molecule has 1 rings (SSSR count). The Morgan fingerprint density at radius 3 is 1.70 bits per heavy atom. The van der Waals surface area contributed by atoms with Crippen LogP contribution in [-0.4, -0.2) is 32.9 Å². The maximum absolute atomic E-state index is 13.0. The normalized spacial score (nSPS) is 16.2. The zero-order valence-electron chi connectivity index (χ0n) is 21.0. The highest BCUT2D eigenvalue weighted by Crippen LogP contribution is 2.77. The molecular formula is C21H40ClNO7P2Si. The first kappa shape index (κ1) is 30.9. The second kappa shape index (κ2) is 10.5. The number of rotatable bonds is 11. The fourth-order valence-corrected chi connectivity index (χ4v) is 17.7. The summed E-state index contributed by atoms with van der Waals surface area (Å²) < 4.78 is 32.6. The minimum Gasteiger partial charge on any atom is -0.388 e. The molecule has 0 aliphatic rings. The molecule has 1 heterocycles. The minimum atomic E-state index is -5.61. The van der Waals surface area contributed by atoms with Gasteiger partial charge in [-0.05, 0) is 53.4 Å². The molecule has 0 saturated heterocycles. The Bertz CT molecular complexity index is 872. The van der Waals surface area contributed by atoms with Crippen LogP contribution in [0.15, 0.2) is 18.3 Å². The largest absolute Gasteiger partial charge is 0.388 e. The van der Waals surface area contributed by atoms with Crippen molar-refractivity contribution >= 4 is 35.1 Å². The van der Waals surface area contributed by atoms with Gasteiger partial charge in [-0.15, -0.1) is 0 Å². The maximum Gasteiger partial charge on any atom is 0.373 e. The summed E-state index contributed by atoms with van der Waals surface area (Å²) in [6.45, 7) is 18.0. The fourth-order valence-electron chi connectivity index (χ4n) is 6.52. The summed E-state index contributed by atoms with van der Waals surface area (Å²) in [6, 6.07) is 2.66. The smallest absolute Gasteiger partial charge is 0.373 e. The van der Waals surface area contributed by atoms with Crippen LogP contribution in [0.4, 0.5) is 0 Å². The van der Waals surface area contributed by atoms with Crippen molar-refractivity contribution in [3.63, 3.8) is 0 Å². The standard InChI is InChI=1S/C21H40ClNO7P2Si/c1-14(2)13-33(9,20(15(3)4,16(5)6)17(7)8)30-21(31(24,25)26,32(27,28)29)18-10-11-23-19(22)12-18/h10-12,14-17H,13H2,1-9H3,(H2,24,25,26)(H2,27,28,29). The molecule has 0 radical (unpaired) electrons. The molecule has 1 aromatic rings. The number of aromatic nitrogens is 1. The molecule has 0 fully saturated rings. The Labute approximate surface area is 204 Å². The van der Waals surface area contributed by atoms with Crippen LogP contribution in [0.1, 0.15) is 61.0 Å². The third-order valence-corrected chi connectivity index (χ3v) is 17.1. The average molecular weight is 544 g/mol. The Kier molecular flexibility index (Phi) is 9.84. The molecule has 192 valence electrons. The number of hydrogen-bond donors (Lipinski definition) is 4. The van der Waals surface area contributed by atoms with Gasteiger partial charge >= 0.3 is 15.2 Å². The molecule has 0 saturated carbocycles. The van der Waals surface area contributed by atoms with Gasteiger partial charge in [0.15, 0.2) is 8.32 Å². The maximum atomic E-state index is 13.0. The molecule has 8 nitrogen and oxygen atoms in total. The molecule has 1 aromatic heterocycles. The lowest BCUT2D eigenvalue weighted by molar-refractivity contribution is 0.101. The molecule has 0 aliphatic heterocycles. The van der Waals surface area contributed by atoms with Gasteiger partial charge in [0.1, 0.15) is 5.15 Å². The average Bonchev–Trinajstić information content (AvgIpc) is 2.56. The Morgan fingerprint density at radius 2 is 1.39 bits per heavy atom. The van der Waals surface area contributed by atoms with E-state index in [9.17, 15) is 28.7 Å². The van der Waals surface area contributed by atoms with E-state index in [0.717, 1.165) is 18.3 Å². The lowest BCUT2D eigenvalue weighted by Gasteiger charge is -2.58. The summed E-state index contributed by atoms with van der Waals surface area (Å²) in [4.78, 5) is 46.0. The van der Waals surface area contributed by atoms with Crippen molar-refractivity contribution in [1.82, 2.24) is 4.98 Å². The van der Waals surface area contributed by atoms with Crippen LogP contribution < -0.4 is 0 Å². The second-order valence-electron chi connectivity index (χ2n) is 10.4. The topological polar surface area (TPSA) is 137 Å². The summed E-state index contributed by atoms with van der Waals surface area (Å²) in [6.07, 6.45) is 1.16. The van der Waals surface area contributed by atoms with Crippen molar-refractivity contribution in [3.05, 3.63) is 29.0 Å². The lowest BCUT2D eigenvalue weighted by Crippen LogP contribution is -2.59. The third kappa shape index (κ3) is 5.52. The van der Waals surface area contributed by atoms with Crippen molar-refractivity contribution in [2.45, 2.75) is 78.1 Å². The van der Waals surface area contributed by atoms with E-state index in [4.69, 9.17) is 16.0 Å². The van der Waals surface area contributed by atoms with Gasteiger partial charge in [-0.2, -0.15) is 0 Å². The first-order chi connectivity index (χ1) is 14.7. The fraction of sp³-hybridized carbons (Fsp3) is 0.762. The van der Waals surface area contributed by atoms with Gasteiger partial charge in [-0.1, -0.05) is 67.0 Å². The molecule has 1 unspecified atom stereocenters. The first-order valence-corrected chi connectivity index (χ1v) is 17.4. The van der Waals surface area contributed by atoms with E-state index in [2.05, 4.69) is 4.98 Å². The van der Waals surface area contributed by atoms with Crippen LogP contribution in [0.3, 0.4) is 0 Å². The minimum absolute atomic E-state index is 0.0141. The second-order valence-corrected chi connectivity index (χ2v) is 18.5. The van der Waals surface area contributed by atoms with Crippen molar-refractivity contribution < 1.29 is 33.1 Å². The van der Waals surface area contributed by atoms with Crippen LogP contribution in [0.2, 0.25) is 22.8 Å². The molecule has 0 spiro atoms. The molecule has 0 aliphatic carbocycles. The zero-order chi connectivity index (χ0) is 26.2. The van der Waals surface area contributed by atoms with Crippen molar-refractivity contribution in [2.75, 3.05) is 0 Å². The third-order valence-electron chi connectivity index (χ3n) is 6.84. The molecule has 0 bridgehead atoms. The summed E-state index contributed by atoms with van der Waals surface area (Å²) >= 11 is 5.99. The Hall–Kier alpha value is -0.0831. The summed E-state index contributed by atoms with van der Waals surface area (Å²) in [7, 11) is -14.6. The quantitative estimate of drug-likeness (QED) is 0.148. The van der Waals surface area contributed by atoms with Gasteiger partial charge in [0.2, 0.25) is 0 Å². The predicted molar refractivity (Wildman–Crippen MR) is 135 cm³/mol. The molecule has 1 atom stereocenters. The highest BCUT2D eigenvalue weighted by atomic mass is 35.5. The van der Waals surface area contributed by atoms with Gasteiger partial charge < -0.3 is 24.0 Å². The van der Waals surface area contributed by atoms with E-state index in [-0.39, 0.29) is 34.4 Å². The molecular weight excluding hydrogens is 504 g/mol. The first-order valence-electron chi connectivity index (χ1n) is 11.1. The van der Waals surface area contributed by atoms with Crippen LogP contribution >= 0.6 is 26.8 Å². The highest BCUT2D eigenvalue weighted by molar-refractivity contribution is 7.71. The number of halogens is 1. The predicted octanol–water partition coefficient (Wildman–Crippen LogP) is 6.16. The summed E-state index contributed by atoms with van der Waals surface area (Å²) in [5.74, 6) is 0.102. The SMILES string of the molecule is CC(C)C[Si](C)(OC(c1ccnc(Cl)c1)(P(=O)(O)O)P(=O)(O)O)C(C(C)C)(C(C)C)C(C)C. The van der Waals surface area contributed by atoms with E-state index >= 15 is 0 Å². The number of pyridine rings is 1. The number of nitrogens with zero attached hydrogens (tertiary/aromatic N) is 1. The van der Waals surface area contributed by atoms with E-state index in [0.29, 0.717) is 6.04 Å². The summed E-state index contributed by atoms with van der Waals surface area (Å²) in [5.41, 5.74) is -0.378. The molecule has 0 amide bonds. The van der Waals surface area contributed by atoms with E-state index < -0.39 is 33.6 Å². The van der Waals surface area contributed by atoms with Crippen LogP contribution in [0, 0.1) is 23.7 Å². The summed E-state index contributed by atoms with van der Waals surface area (Å²) in [5, 5.41) is -3.91. The number of hydrogen-bond acceptors (Lipinski definition) is 4. The van der Waals surface area contributed by atoms with Crippen molar-refractivity contribution in [3.8, 4) is 0 Å². The van der Waals surface area contributed by atoms with Crippen molar-refractivity contribution in [2.24, 2.45) is 23.7 Å². The Morgan fingerprint density at radius 1 is 0.970 bits per heavy atom.